The van der Waals surface area contributed by atoms with Gasteiger partial charge in [-0.25, -0.2) is 0 Å². The Morgan fingerprint density at radius 2 is 0.547 bits per heavy atom. The molecule has 4 heterocycles. The Bertz CT molecular complexity index is 1850. The number of ketones is 2. The van der Waals surface area contributed by atoms with Crippen molar-refractivity contribution in [1.82, 2.24) is 0 Å². The molecule has 0 atom stereocenters. The van der Waals surface area contributed by atoms with Crippen molar-refractivity contribution in [2.75, 3.05) is 52.9 Å². The molecule has 0 radical (unpaired) electrons. The van der Waals surface area contributed by atoms with Crippen molar-refractivity contribution in [3.63, 3.8) is 0 Å². The molecule has 10 N–H and O–H groups in total. The molecule has 20 nitrogen and oxygen atoms in total. The number of Topliss-reactive ketones (excluding diaryl/α,β-unsaturated/α-hetero) is 2. The molecule has 0 aromatic heterocycles. The quantitative estimate of drug-likeness (QED) is 0.0468. The Balaban J connectivity index is 0.00000105. The van der Waals surface area contributed by atoms with Crippen LogP contribution in [0.1, 0.15) is 287 Å². The van der Waals surface area contributed by atoms with Crippen LogP contribution in [0.2, 0.25) is 0 Å². The number of rotatable bonds is 8. The first kappa shape index (κ1) is 93.9. The molecule has 0 amide bonds. The van der Waals surface area contributed by atoms with Crippen molar-refractivity contribution >= 4 is 57.7 Å². The Hall–Kier alpha value is -1.12. The summed E-state index contributed by atoms with van der Waals surface area (Å²) in [7, 11) is 0. The van der Waals surface area contributed by atoms with Gasteiger partial charge in [-0.1, -0.05) is 26.0 Å². The standard InChI is InChI=1S/2C10H18O2.3C9H16O3.C8H12O3.C7H12O2.2C4H8O.C2H6.CH3.Li.Mg/c2*1-3-4-10(12)7-5-9(2,11)6-8-10;1-8(10)2-4-9(5-3-8)11-6-7-12-9;2*1-8(11)2-4-9(12,5-3-8)6-7-10;9-7-1-3-8(4-2-7)10-5-6-11-8;1-7(9)4-2-6(8)3-5-7;2*1-2-4-5-3-1;1-2;;;/h2*3,11-12H,1,4-8H2,2H3;10H,2-7H2,1H3;2*7,11-12H,2-6H2,1H3;1-6H2;9H,2-5H2,1H3;2*1-4H2;1-2H3;1H3;;/q;;;;;;;;;;-1;;+1. The van der Waals surface area contributed by atoms with Crippen molar-refractivity contribution in [2.45, 2.75) is 354 Å². The Kier molecular flexibility index (Phi) is 45.2. The van der Waals surface area contributed by atoms with E-state index in [-0.39, 0.29) is 31.8 Å². The van der Waals surface area contributed by atoms with Crippen LogP contribution in [0.3, 0.4) is 0 Å². The molecule has 11 aliphatic rings. The number of ether oxygens (including phenoxy) is 6. The molecular formula is C73H133LiMgO20. The van der Waals surface area contributed by atoms with Crippen LogP contribution < -0.4 is 0 Å². The Morgan fingerprint density at radius 3 is 0.747 bits per heavy atom. The second kappa shape index (κ2) is 45.8. The van der Waals surface area contributed by atoms with Gasteiger partial charge in [0.15, 0.2) is 11.6 Å². The summed E-state index contributed by atoms with van der Waals surface area (Å²) in [6.07, 6.45) is 30.1. The van der Waals surface area contributed by atoms with Crippen molar-refractivity contribution in [2.24, 2.45) is 0 Å². The van der Waals surface area contributed by atoms with Gasteiger partial charge >= 0.3 is 33.6 Å². The van der Waals surface area contributed by atoms with Crippen LogP contribution in [-0.4, -0.2) is 229 Å². The van der Waals surface area contributed by atoms with E-state index in [1.165, 1.54) is 25.7 Å². The summed E-state index contributed by atoms with van der Waals surface area (Å²) in [5, 5.41) is 96.8. The first-order valence-corrected chi connectivity index (χ1v) is 37.1. The van der Waals surface area contributed by atoms with Gasteiger partial charge in [0.25, 0.3) is 0 Å². The molecule has 0 aromatic rings. The van der Waals surface area contributed by atoms with E-state index in [0.29, 0.717) is 192 Å². The second-order valence-corrected chi connectivity index (χ2v) is 29.5. The minimum absolute atomic E-state index is 0. The van der Waals surface area contributed by atoms with Crippen molar-refractivity contribution in [1.29, 1.82) is 0 Å². The molecule has 95 heavy (non-hydrogen) atoms. The maximum absolute atomic E-state index is 10.9. The van der Waals surface area contributed by atoms with Gasteiger partial charge in [-0.3, -0.25) is 9.59 Å². The van der Waals surface area contributed by atoms with Crippen LogP contribution in [-0.2, 0) is 47.6 Å². The molecule has 7 saturated carbocycles. The van der Waals surface area contributed by atoms with Gasteiger partial charge in [0, 0.05) is 90.6 Å². The molecule has 11 rings (SSSR count). The molecule has 548 valence electrons. The first-order valence-electron chi connectivity index (χ1n) is 35.7. The SMILES string of the molecule is C1CCOC1.C1CCOC1.C=CCC1(O)CCC(C)(O)CC1.C=CCC1(O)CCC(C)(O)CC1.CC.CC1(O)CCC(=O)CC1.CC1(O)CCC(O)(CC=O)CC1.CC1(O)CCC(O)(CC=O)CC1.CC1(O)CCC2(CC1)OCCO2.O=C1CCC2(CC1)OCCO2.[CH3-].[Li][Mg+]. The van der Waals surface area contributed by atoms with Crippen molar-refractivity contribution < 1.29 is 98.7 Å². The zero-order valence-corrected chi connectivity index (χ0v) is 62.5. The number of hydrogen-bond donors (Lipinski definition) is 10. The number of aldehydes is 2. The summed E-state index contributed by atoms with van der Waals surface area (Å²) in [5.41, 5.74) is -6.35. The maximum atomic E-state index is 10.9. The van der Waals surface area contributed by atoms with E-state index in [4.69, 9.17) is 28.4 Å². The van der Waals surface area contributed by atoms with E-state index < -0.39 is 56.0 Å². The van der Waals surface area contributed by atoms with Crippen LogP contribution in [0.4, 0.5) is 0 Å². The summed E-state index contributed by atoms with van der Waals surface area (Å²) in [6.45, 7) is 28.9. The minimum atomic E-state index is -0.843. The summed E-state index contributed by atoms with van der Waals surface area (Å²) in [4.78, 5) is 42.0. The third kappa shape index (κ3) is 40.9. The fourth-order valence-corrected chi connectivity index (χ4v) is 12.4. The fourth-order valence-electron chi connectivity index (χ4n) is 12.4. The van der Waals surface area contributed by atoms with Gasteiger partial charge in [-0.15, -0.1) is 13.2 Å². The van der Waals surface area contributed by atoms with Crippen LogP contribution in [0, 0.1) is 7.43 Å². The predicted octanol–water partition coefficient (Wildman–Crippen LogP) is 9.62. The average Bonchev–Trinajstić information content (AvgIpc) is 1.77. The molecule has 11 fully saturated rings. The van der Waals surface area contributed by atoms with Crippen molar-refractivity contribution in [3.05, 3.63) is 32.7 Å². The molecule has 22 heteroatoms. The Morgan fingerprint density at radius 1 is 0.347 bits per heavy atom. The van der Waals surface area contributed by atoms with E-state index in [0.717, 1.165) is 77.5 Å². The summed E-state index contributed by atoms with van der Waals surface area (Å²) >= 11 is 3.89. The first-order chi connectivity index (χ1) is 43.9. The zero-order chi connectivity index (χ0) is 71.3. The third-order valence-corrected chi connectivity index (χ3v) is 19.8. The number of aliphatic hydroxyl groups is 10. The van der Waals surface area contributed by atoms with Crippen LogP contribution in [0.25, 0.3) is 0 Å². The molecule has 7 aliphatic carbocycles. The Labute approximate surface area is 592 Å². The van der Waals surface area contributed by atoms with Gasteiger partial charge < -0.3 is 96.5 Å². The number of carbonyl (C=O) groups is 4. The number of hydrogen-bond acceptors (Lipinski definition) is 20. The zero-order valence-electron chi connectivity index (χ0n) is 61.1. The second-order valence-electron chi connectivity index (χ2n) is 29.5. The van der Waals surface area contributed by atoms with Crippen LogP contribution in [0.5, 0.6) is 0 Å². The average molecular weight is 1360 g/mol. The predicted molar refractivity (Wildman–Crippen MR) is 372 cm³/mol. The molecule has 0 aromatic carbocycles. The monoisotopic (exact) mass is 1360 g/mol. The van der Waals surface area contributed by atoms with Gasteiger partial charge in [-0.05, 0) is 208 Å². The van der Waals surface area contributed by atoms with Gasteiger partial charge in [-0.2, -0.15) is 0 Å². The molecule has 0 unspecified atom stereocenters. The number of carbonyl (C=O) groups excluding carboxylic acids is 4. The summed E-state index contributed by atoms with van der Waals surface area (Å²) in [5.74, 6) is -0.0628. The summed E-state index contributed by atoms with van der Waals surface area (Å²) < 4.78 is 31.9. The van der Waals surface area contributed by atoms with E-state index >= 15 is 0 Å². The van der Waals surface area contributed by atoms with Gasteiger partial charge in [0.1, 0.15) is 24.1 Å². The van der Waals surface area contributed by atoms with Crippen molar-refractivity contribution in [3.8, 4) is 0 Å². The van der Waals surface area contributed by atoms with Crippen LogP contribution in [0.15, 0.2) is 25.3 Å². The van der Waals surface area contributed by atoms with E-state index in [2.05, 4.69) is 13.2 Å². The molecule has 2 spiro atoms. The van der Waals surface area contributed by atoms with E-state index in [1.807, 2.05) is 68.2 Å². The van der Waals surface area contributed by atoms with E-state index in [9.17, 15) is 70.2 Å². The van der Waals surface area contributed by atoms with Gasteiger partial charge in [0.05, 0.1) is 82.4 Å². The van der Waals surface area contributed by atoms with Crippen LogP contribution >= 0.6 is 0 Å². The molecule has 0 bridgehead atoms. The topological polar surface area (TPSA) is 326 Å². The van der Waals surface area contributed by atoms with Gasteiger partial charge in [0.2, 0.25) is 0 Å². The van der Waals surface area contributed by atoms with E-state index in [1.54, 1.807) is 32.9 Å². The fraction of sp³-hybridized carbons (Fsp3) is 0.877. The molecular weight excluding hydrogens is 1230 g/mol. The third-order valence-electron chi connectivity index (χ3n) is 19.8. The molecule has 4 aliphatic heterocycles. The normalized spacial score (nSPS) is 34.2. The summed E-state index contributed by atoms with van der Waals surface area (Å²) in [6, 6.07) is 0. The molecule has 4 saturated heterocycles.